The largest absolute Gasteiger partial charge is 0.366 e. The van der Waals surface area contributed by atoms with Gasteiger partial charge in [0.1, 0.15) is 24.1 Å². The number of benzene rings is 1. The molecule has 5 rings (SSSR count). The monoisotopic (exact) mass is 426 g/mol. The Balaban J connectivity index is 1.46. The van der Waals surface area contributed by atoms with Gasteiger partial charge >= 0.3 is 0 Å². The molecule has 0 saturated carbocycles. The van der Waals surface area contributed by atoms with Crippen molar-refractivity contribution in [1.29, 1.82) is 0 Å². The Morgan fingerprint density at radius 3 is 2.93 bits per heavy atom. The molecule has 1 atom stereocenters. The molecule has 7 nitrogen and oxygen atoms in total. The number of ether oxygens (including phenoxy) is 1. The van der Waals surface area contributed by atoms with Gasteiger partial charge in [-0.3, -0.25) is 5.10 Å². The van der Waals surface area contributed by atoms with Crippen LogP contribution in [0.15, 0.2) is 36.7 Å². The molecule has 9 heteroatoms. The summed E-state index contributed by atoms with van der Waals surface area (Å²) in [6.45, 7) is 4.07. The standard InChI is InChI=1S/C20H19ClN6OS/c1-2-17-24-19(26-25-17)15-10-27(7-8-28-15)20-18-14(22-11-23-20)9-16(29-18)12-3-5-13(21)6-4-12/h3-6,9,11,15H,2,7-8,10H2,1H3,(H,24,25,26). The van der Waals surface area contributed by atoms with Gasteiger partial charge in [0.25, 0.3) is 0 Å². The zero-order valence-corrected chi connectivity index (χ0v) is 17.4. The van der Waals surface area contributed by atoms with E-state index in [4.69, 9.17) is 16.3 Å². The van der Waals surface area contributed by atoms with Crippen molar-refractivity contribution >= 4 is 39.0 Å². The molecule has 1 N–H and O–H groups in total. The average Bonchev–Trinajstić information content (AvgIpc) is 3.41. The maximum atomic E-state index is 6.03. The number of H-pyrrole nitrogens is 1. The van der Waals surface area contributed by atoms with Crippen molar-refractivity contribution in [3.63, 3.8) is 0 Å². The molecule has 1 unspecified atom stereocenters. The van der Waals surface area contributed by atoms with Gasteiger partial charge in [-0.2, -0.15) is 5.10 Å². The molecule has 4 aromatic rings. The van der Waals surface area contributed by atoms with Crippen LogP contribution in [0.4, 0.5) is 5.82 Å². The van der Waals surface area contributed by atoms with E-state index >= 15 is 0 Å². The third-order valence-corrected chi connectivity index (χ3v) is 6.38. The Morgan fingerprint density at radius 1 is 1.28 bits per heavy atom. The zero-order chi connectivity index (χ0) is 19.8. The number of rotatable bonds is 4. The number of aromatic nitrogens is 5. The predicted octanol–water partition coefficient (Wildman–Crippen LogP) is 4.27. The molecular weight excluding hydrogens is 408 g/mol. The van der Waals surface area contributed by atoms with Crippen molar-refractivity contribution in [2.75, 3.05) is 24.6 Å². The minimum atomic E-state index is -0.180. The second-order valence-corrected chi connectivity index (χ2v) is 8.32. The Kier molecular flexibility index (Phi) is 4.91. The molecule has 0 bridgehead atoms. The Bertz CT molecular complexity index is 1140. The van der Waals surface area contributed by atoms with Crippen LogP contribution in [0, 0.1) is 0 Å². The van der Waals surface area contributed by atoms with Gasteiger partial charge in [-0.1, -0.05) is 30.7 Å². The van der Waals surface area contributed by atoms with Crippen molar-refractivity contribution in [2.24, 2.45) is 0 Å². The lowest BCUT2D eigenvalue weighted by atomic mass is 10.2. The molecular formula is C20H19ClN6OS. The highest BCUT2D eigenvalue weighted by Crippen LogP contribution is 2.38. The lowest BCUT2D eigenvalue weighted by Gasteiger charge is -2.32. The van der Waals surface area contributed by atoms with Crippen LogP contribution in [0.1, 0.15) is 24.7 Å². The summed E-state index contributed by atoms with van der Waals surface area (Å²) in [5, 5.41) is 8.02. The molecule has 1 saturated heterocycles. The van der Waals surface area contributed by atoms with Crippen LogP contribution in [0.5, 0.6) is 0 Å². The normalized spacial score (nSPS) is 17.2. The van der Waals surface area contributed by atoms with E-state index in [1.165, 1.54) is 0 Å². The molecule has 1 fully saturated rings. The van der Waals surface area contributed by atoms with E-state index in [1.807, 2.05) is 31.2 Å². The van der Waals surface area contributed by atoms with Crippen LogP contribution in [-0.4, -0.2) is 44.8 Å². The number of morpholine rings is 1. The van der Waals surface area contributed by atoms with Crippen molar-refractivity contribution in [3.05, 3.63) is 53.3 Å². The van der Waals surface area contributed by atoms with Crippen molar-refractivity contribution in [1.82, 2.24) is 25.1 Å². The third kappa shape index (κ3) is 3.59. The van der Waals surface area contributed by atoms with Gasteiger partial charge in [-0.25, -0.2) is 15.0 Å². The topological polar surface area (TPSA) is 79.8 Å². The lowest BCUT2D eigenvalue weighted by molar-refractivity contribution is 0.0341. The number of halogens is 1. The van der Waals surface area contributed by atoms with E-state index in [9.17, 15) is 0 Å². The van der Waals surface area contributed by atoms with Gasteiger partial charge in [0.15, 0.2) is 5.82 Å². The number of hydrogen-bond donors (Lipinski definition) is 1. The molecule has 0 amide bonds. The smallest absolute Gasteiger partial charge is 0.181 e. The Labute approximate surface area is 176 Å². The maximum absolute atomic E-state index is 6.03. The van der Waals surface area contributed by atoms with Gasteiger partial charge in [0, 0.05) is 22.9 Å². The van der Waals surface area contributed by atoms with E-state index in [0.717, 1.165) is 50.3 Å². The minimum Gasteiger partial charge on any atom is -0.366 e. The first-order valence-corrected chi connectivity index (χ1v) is 10.7. The molecule has 1 aliphatic rings. The first kappa shape index (κ1) is 18.5. The van der Waals surface area contributed by atoms with E-state index in [0.29, 0.717) is 19.0 Å². The van der Waals surface area contributed by atoms with E-state index in [1.54, 1.807) is 17.7 Å². The first-order valence-electron chi connectivity index (χ1n) is 9.49. The Hall–Kier alpha value is -2.55. The second-order valence-electron chi connectivity index (χ2n) is 6.83. The van der Waals surface area contributed by atoms with Crippen LogP contribution >= 0.6 is 22.9 Å². The number of aryl methyl sites for hydroxylation is 1. The summed E-state index contributed by atoms with van der Waals surface area (Å²) in [4.78, 5) is 17.0. The minimum absolute atomic E-state index is 0.180. The quantitative estimate of drug-likeness (QED) is 0.525. The molecule has 148 valence electrons. The van der Waals surface area contributed by atoms with Crippen LogP contribution < -0.4 is 4.90 Å². The van der Waals surface area contributed by atoms with Crippen molar-refractivity contribution < 1.29 is 4.74 Å². The van der Waals surface area contributed by atoms with Gasteiger partial charge in [-0.05, 0) is 23.8 Å². The number of anilines is 1. The average molecular weight is 427 g/mol. The molecule has 3 aromatic heterocycles. The highest BCUT2D eigenvalue weighted by molar-refractivity contribution is 7.22. The maximum Gasteiger partial charge on any atom is 0.181 e. The Morgan fingerprint density at radius 2 is 2.14 bits per heavy atom. The van der Waals surface area contributed by atoms with Crippen molar-refractivity contribution in [3.8, 4) is 10.4 Å². The second kappa shape index (κ2) is 7.70. The number of hydrogen-bond acceptors (Lipinski definition) is 7. The number of fused-ring (bicyclic) bond motifs is 1. The third-order valence-electron chi connectivity index (χ3n) is 4.96. The fourth-order valence-corrected chi connectivity index (χ4v) is 4.69. The first-order chi connectivity index (χ1) is 14.2. The molecule has 0 radical (unpaired) electrons. The fourth-order valence-electron chi connectivity index (χ4n) is 3.43. The molecule has 0 aliphatic carbocycles. The number of aromatic amines is 1. The summed E-state index contributed by atoms with van der Waals surface area (Å²) in [5.41, 5.74) is 2.06. The lowest BCUT2D eigenvalue weighted by Crippen LogP contribution is -2.39. The SMILES string of the molecule is CCc1nc(C2CN(c3ncnc4cc(-c5ccc(Cl)cc5)sc34)CCO2)n[nH]1. The van der Waals surface area contributed by atoms with E-state index in [-0.39, 0.29) is 6.10 Å². The summed E-state index contributed by atoms with van der Waals surface area (Å²) in [6.07, 6.45) is 2.27. The number of nitrogens with zero attached hydrogens (tertiary/aromatic N) is 5. The fraction of sp³-hybridized carbons (Fsp3) is 0.300. The van der Waals surface area contributed by atoms with Crippen LogP contribution in [0.2, 0.25) is 5.02 Å². The highest BCUT2D eigenvalue weighted by Gasteiger charge is 2.27. The number of thiophene rings is 1. The van der Waals surface area contributed by atoms with E-state index in [2.05, 4.69) is 36.1 Å². The summed E-state index contributed by atoms with van der Waals surface area (Å²) >= 11 is 7.72. The zero-order valence-electron chi connectivity index (χ0n) is 15.8. The summed E-state index contributed by atoms with van der Waals surface area (Å²) < 4.78 is 7.00. The predicted molar refractivity (Wildman–Crippen MR) is 115 cm³/mol. The highest BCUT2D eigenvalue weighted by atomic mass is 35.5. The summed E-state index contributed by atoms with van der Waals surface area (Å²) in [7, 11) is 0. The van der Waals surface area contributed by atoms with Gasteiger partial charge in [-0.15, -0.1) is 11.3 Å². The summed E-state index contributed by atoms with van der Waals surface area (Å²) in [5.74, 6) is 2.50. The van der Waals surface area contributed by atoms with Crippen LogP contribution in [-0.2, 0) is 11.2 Å². The van der Waals surface area contributed by atoms with Crippen LogP contribution in [0.25, 0.3) is 20.7 Å². The molecule has 4 heterocycles. The molecule has 0 spiro atoms. The number of nitrogens with one attached hydrogen (secondary N) is 1. The van der Waals surface area contributed by atoms with Crippen molar-refractivity contribution in [2.45, 2.75) is 19.4 Å². The van der Waals surface area contributed by atoms with Gasteiger partial charge in [0.05, 0.1) is 23.4 Å². The van der Waals surface area contributed by atoms with Crippen LogP contribution in [0.3, 0.4) is 0 Å². The van der Waals surface area contributed by atoms with E-state index < -0.39 is 0 Å². The van der Waals surface area contributed by atoms with Gasteiger partial charge in [0.2, 0.25) is 0 Å². The molecule has 1 aliphatic heterocycles. The summed E-state index contributed by atoms with van der Waals surface area (Å²) in [6, 6.07) is 9.97. The van der Waals surface area contributed by atoms with Gasteiger partial charge < -0.3 is 9.64 Å². The molecule has 1 aromatic carbocycles. The molecule has 29 heavy (non-hydrogen) atoms.